The van der Waals surface area contributed by atoms with Crippen molar-refractivity contribution >= 4 is 55.2 Å². The average molecular weight is 403 g/mol. The number of nitrogens with zero attached hydrogens (tertiary/aromatic N) is 2. The van der Waals surface area contributed by atoms with Crippen LogP contribution in [0.5, 0.6) is 0 Å². The molecule has 3 aromatic rings. The minimum atomic E-state index is -0.342. The molecular formula is C12H6Br2FN3S. The summed E-state index contributed by atoms with van der Waals surface area (Å²) in [5.74, 6) is -0.342. The van der Waals surface area contributed by atoms with Crippen LogP contribution >= 0.6 is 44.1 Å². The maximum absolute atomic E-state index is 13.6. The van der Waals surface area contributed by atoms with E-state index in [9.17, 15) is 4.39 Å². The Kier molecular flexibility index (Phi) is 3.28. The highest BCUT2D eigenvalue weighted by molar-refractivity contribution is 9.10. The second kappa shape index (κ2) is 4.81. The molecule has 3 nitrogen and oxygen atoms in total. The van der Waals surface area contributed by atoms with Crippen LogP contribution in [0.25, 0.3) is 16.9 Å². The topological polar surface area (TPSA) is 33.6 Å². The number of fused-ring (bicyclic) bond motifs is 1. The molecule has 2 aromatic heterocycles. The van der Waals surface area contributed by atoms with Crippen LogP contribution < -0.4 is 0 Å². The summed E-state index contributed by atoms with van der Waals surface area (Å²) in [7, 11) is 0. The monoisotopic (exact) mass is 401 g/mol. The number of pyridine rings is 1. The van der Waals surface area contributed by atoms with Gasteiger partial charge >= 0.3 is 0 Å². The molecule has 0 atom stereocenters. The Morgan fingerprint density at radius 2 is 2.05 bits per heavy atom. The van der Waals surface area contributed by atoms with Crippen LogP contribution in [0.3, 0.4) is 0 Å². The number of rotatable bonds is 1. The minimum absolute atomic E-state index is 0.342. The predicted molar refractivity (Wildman–Crippen MR) is 81.6 cm³/mol. The van der Waals surface area contributed by atoms with Gasteiger partial charge in [-0.1, -0.05) is 0 Å². The van der Waals surface area contributed by atoms with Gasteiger partial charge in [0.25, 0.3) is 0 Å². The molecule has 0 aliphatic carbocycles. The van der Waals surface area contributed by atoms with E-state index >= 15 is 0 Å². The first-order chi connectivity index (χ1) is 9.06. The molecule has 0 saturated heterocycles. The van der Waals surface area contributed by atoms with E-state index in [0.29, 0.717) is 20.6 Å². The molecule has 0 aliphatic heterocycles. The molecule has 0 aliphatic rings. The van der Waals surface area contributed by atoms with Crippen LogP contribution in [0.4, 0.5) is 4.39 Å². The third-order valence-corrected chi connectivity index (χ3v) is 4.01. The first-order valence-electron chi connectivity index (χ1n) is 5.28. The van der Waals surface area contributed by atoms with Gasteiger partial charge in [0.2, 0.25) is 0 Å². The number of hydrogen-bond donors (Lipinski definition) is 1. The highest BCUT2D eigenvalue weighted by Gasteiger charge is 2.10. The molecule has 7 heteroatoms. The van der Waals surface area contributed by atoms with Gasteiger partial charge in [0, 0.05) is 10.7 Å². The van der Waals surface area contributed by atoms with E-state index < -0.39 is 0 Å². The van der Waals surface area contributed by atoms with E-state index in [1.54, 1.807) is 22.9 Å². The number of benzene rings is 1. The number of nitrogens with one attached hydrogen (secondary N) is 1. The van der Waals surface area contributed by atoms with E-state index in [4.69, 9.17) is 12.2 Å². The Bertz CT molecular complexity index is 841. The van der Waals surface area contributed by atoms with Gasteiger partial charge in [-0.05, 0) is 68.3 Å². The first kappa shape index (κ1) is 13.0. The number of imidazole rings is 1. The fraction of sp³-hybridized carbons (Fsp3) is 0. The van der Waals surface area contributed by atoms with Crippen molar-refractivity contribution in [2.24, 2.45) is 0 Å². The smallest absolute Gasteiger partial charge is 0.184 e. The summed E-state index contributed by atoms with van der Waals surface area (Å²) in [6.45, 7) is 0. The van der Waals surface area contributed by atoms with Crippen molar-refractivity contribution in [2.75, 3.05) is 0 Å². The molecule has 0 spiro atoms. The summed E-state index contributed by atoms with van der Waals surface area (Å²) in [6, 6.07) is 6.71. The third-order valence-electron chi connectivity index (χ3n) is 2.65. The van der Waals surface area contributed by atoms with Gasteiger partial charge in [0.1, 0.15) is 5.82 Å². The van der Waals surface area contributed by atoms with Crippen LogP contribution in [0, 0.1) is 10.6 Å². The molecule has 96 valence electrons. The number of H-pyrrole nitrogens is 1. The van der Waals surface area contributed by atoms with Gasteiger partial charge in [-0.15, -0.1) is 0 Å². The van der Waals surface area contributed by atoms with Crippen LogP contribution in [0.1, 0.15) is 0 Å². The lowest BCUT2D eigenvalue weighted by molar-refractivity contribution is 0.620. The number of halogens is 3. The molecule has 0 amide bonds. The van der Waals surface area contributed by atoms with Crippen molar-refractivity contribution in [3.05, 3.63) is 50.0 Å². The Morgan fingerprint density at radius 1 is 1.26 bits per heavy atom. The zero-order valence-electron chi connectivity index (χ0n) is 9.32. The zero-order chi connectivity index (χ0) is 13.6. The average Bonchev–Trinajstić information content (AvgIpc) is 2.68. The highest BCUT2D eigenvalue weighted by Crippen LogP contribution is 2.23. The molecule has 0 fully saturated rings. The van der Waals surface area contributed by atoms with Crippen LogP contribution in [0.2, 0.25) is 0 Å². The van der Waals surface area contributed by atoms with Gasteiger partial charge in [0.15, 0.2) is 10.4 Å². The molecular weight excluding hydrogens is 397 g/mol. The molecule has 1 N–H and O–H groups in total. The maximum atomic E-state index is 13.6. The van der Waals surface area contributed by atoms with Gasteiger partial charge in [0.05, 0.1) is 15.7 Å². The first-order valence-corrected chi connectivity index (χ1v) is 7.27. The summed E-state index contributed by atoms with van der Waals surface area (Å²) in [4.78, 5) is 7.37. The van der Waals surface area contributed by atoms with Crippen molar-refractivity contribution in [1.82, 2.24) is 14.5 Å². The molecule has 3 rings (SSSR count). The van der Waals surface area contributed by atoms with Crippen molar-refractivity contribution in [2.45, 2.75) is 0 Å². The van der Waals surface area contributed by atoms with Crippen molar-refractivity contribution in [1.29, 1.82) is 0 Å². The summed E-state index contributed by atoms with van der Waals surface area (Å²) < 4.78 is 17.1. The maximum Gasteiger partial charge on any atom is 0.184 e. The quantitative estimate of drug-likeness (QED) is 0.596. The predicted octanol–water partition coefficient (Wildman–Crippen LogP) is 4.75. The van der Waals surface area contributed by atoms with Crippen LogP contribution in [-0.2, 0) is 0 Å². The molecule has 19 heavy (non-hydrogen) atoms. The summed E-state index contributed by atoms with van der Waals surface area (Å²) in [5, 5.41) is 0. The van der Waals surface area contributed by atoms with Gasteiger partial charge in [-0.3, -0.25) is 4.57 Å². The molecule has 2 heterocycles. The zero-order valence-corrected chi connectivity index (χ0v) is 13.3. The molecule has 0 bridgehead atoms. The molecule has 1 aromatic carbocycles. The van der Waals surface area contributed by atoms with Crippen molar-refractivity contribution in [3.63, 3.8) is 0 Å². The SMILES string of the molecule is Fc1cc(-n2c(=S)[nH]c3cc(Br)cnc32)ccc1Br. The molecule has 0 saturated carbocycles. The lowest BCUT2D eigenvalue weighted by atomic mass is 10.3. The normalized spacial score (nSPS) is 11.1. The van der Waals surface area contributed by atoms with Gasteiger partial charge in [-0.25, -0.2) is 9.37 Å². The highest BCUT2D eigenvalue weighted by atomic mass is 79.9. The Hall–Kier alpha value is -1.05. The third kappa shape index (κ3) is 2.26. The van der Waals surface area contributed by atoms with E-state index in [0.717, 1.165) is 9.99 Å². The van der Waals surface area contributed by atoms with Crippen molar-refractivity contribution in [3.8, 4) is 5.69 Å². The number of hydrogen-bond acceptors (Lipinski definition) is 2. The lowest BCUT2D eigenvalue weighted by Gasteiger charge is -2.04. The summed E-state index contributed by atoms with van der Waals surface area (Å²) >= 11 is 11.8. The Labute approximate surface area is 129 Å². The molecule has 0 radical (unpaired) electrons. The standard InChI is InChI=1S/C12H6Br2FN3S/c13-6-3-10-11(16-5-6)18(12(19)17-10)7-1-2-8(14)9(15)4-7/h1-5H,(H,17,19). The van der Waals surface area contributed by atoms with Crippen LogP contribution in [0.15, 0.2) is 39.4 Å². The van der Waals surface area contributed by atoms with E-state index in [1.807, 2.05) is 6.07 Å². The second-order valence-corrected chi connectivity index (χ2v) is 6.05. The van der Waals surface area contributed by atoms with Crippen LogP contribution in [-0.4, -0.2) is 14.5 Å². The number of aromatic nitrogens is 3. The second-order valence-electron chi connectivity index (χ2n) is 3.89. The van der Waals surface area contributed by atoms with Gasteiger partial charge < -0.3 is 4.98 Å². The van der Waals surface area contributed by atoms with E-state index in [-0.39, 0.29) is 5.82 Å². The Morgan fingerprint density at radius 3 is 2.79 bits per heavy atom. The molecule has 0 unspecified atom stereocenters. The van der Waals surface area contributed by atoms with E-state index in [2.05, 4.69) is 41.8 Å². The number of aromatic amines is 1. The fourth-order valence-corrected chi connectivity index (χ4v) is 2.71. The Balaban J connectivity index is 2.32. The van der Waals surface area contributed by atoms with Crippen molar-refractivity contribution < 1.29 is 4.39 Å². The summed E-state index contributed by atoms with van der Waals surface area (Å²) in [6.07, 6.45) is 1.68. The summed E-state index contributed by atoms with van der Waals surface area (Å²) in [5.41, 5.74) is 2.09. The van der Waals surface area contributed by atoms with Gasteiger partial charge in [-0.2, -0.15) is 0 Å². The lowest BCUT2D eigenvalue weighted by Crippen LogP contribution is -1.96. The largest absolute Gasteiger partial charge is 0.329 e. The minimum Gasteiger partial charge on any atom is -0.329 e. The fourth-order valence-electron chi connectivity index (χ4n) is 1.83. The van der Waals surface area contributed by atoms with E-state index in [1.165, 1.54) is 6.07 Å².